The molecule has 0 fully saturated rings. The molecule has 0 saturated heterocycles. The van der Waals surface area contributed by atoms with Gasteiger partial charge in [0.25, 0.3) is 0 Å². The van der Waals surface area contributed by atoms with Gasteiger partial charge in [-0.15, -0.1) is 0 Å². The molecule has 0 radical (unpaired) electrons. The highest BCUT2D eigenvalue weighted by Gasteiger charge is 2.31. The SMILES string of the molecule is CCOc1cc(C2N=C(NC#N)Nc3nc(N)c(C#N)c(N)c32)cc(Br)c1OCc1ccccc1Cl. The molecule has 3 aromatic rings. The third-order valence-corrected chi connectivity index (χ3v) is 6.29. The van der Waals surface area contributed by atoms with Crippen molar-refractivity contribution in [3.63, 3.8) is 0 Å². The molecule has 1 atom stereocenters. The number of rotatable bonds is 6. The minimum absolute atomic E-state index is 0.0299. The summed E-state index contributed by atoms with van der Waals surface area (Å²) in [6.07, 6.45) is 1.83. The Morgan fingerprint density at radius 3 is 2.69 bits per heavy atom. The first kappa shape index (κ1) is 24.9. The number of ether oxygens (including phenoxy) is 2. The molecule has 0 saturated carbocycles. The Bertz CT molecular complexity index is 1450. The lowest BCUT2D eigenvalue weighted by Gasteiger charge is -2.27. The van der Waals surface area contributed by atoms with E-state index in [0.29, 0.717) is 38.7 Å². The second-order valence-electron chi connectivity index (χ2n) is 7.54. The van der Waals surface area contributed by atoms with Crippen LogP contribution >= 0.6 is 27.5 Å². The van der Waals surface area contributed by atoms with E-state index in [1.54, 1.807) is 18.2 Å². The quantitative estimate of drug-likeness (QED) is 0.248. The first-order valence-corrected chi connectivity index (χ1v) is 11.9. The van der Waals surface area contributed by atoms with Gasteiger partial charge in [0.2, 0.25) is 5.96 Å². The predicted octanol–water partition coefficient (Wildman–Crippen LogP) is 4.45. The number of hydrogen-bond acceptors (Lipinski definition) is 10. The van der Waals surface area contributed by atoms with Crippen LogP contribution in [0.3, 0.4) is 0 Å². The normalized spacial score (nSPS) is 13.9. The molecule has 182 valence electrons. The maximum atomic E-state index is 9.55. The third kappa shape index (κ3) is 4.80. The van der Waals surface area contributed by atoms with E-state index in [1.807, 2.05) is 37.4 Å². The number of aromatic nitrogens is 1. The van der Waals surface area contributed by atoms with Crippen molar-refractivity contribution < 1.29 is 9.47 Å². The summed E-state index contributed by atoms with van der Waals surface area (Å²) >= 11 is 9.86. The fraction of sp³-hybridized carbons (Fsp3) is 0.167. The first-order chi connectivity index (χ1) is 17.4. The molecule has 1 unspecified atom stereocenters. The lowest BCUT2D eigenvalue weighted by Crippen LogP contribution is -2.32. The number of anilines is 3. The van der Waals surface area contributed by atoms with Crippen LogP contribution in [0.2, 0.25) is 5.02 Å². The van der Waals surface area contributed by atoms with E-state index in [4.69, 9.17) is 37.8 Å². The molecule has 4 rings (SSSR count). The van der Waals surface area contributed by atoms with Crippen molar-refractivity contribution in [3.8, 4) is 23.8 Å². The smallest absolute Gasteiger partial charge is 0.211 e. The Labute approximate surface area is 220 Å². The number of hydrogen-bond donors (Lipinski definition) is 4. The number of halogens is 2. The molecule has 1 aliphatic heterocycles. The van der Waals surface area contributed by atoms with Gasteiger partial charge < -0.3 is 26.3 Å². The molecule has 1 aliphatic rings. The molecule has 1 aromatic heterocycles. The van der Waals surface area contributed by atoms with E-state index in [2.05, 4.69) is 36.5 Å². The predicted molar refractivity (Wildman–Crippen MR) is 141 cm³/mol. The topological polar surface area (TPSA) is 167 Å². The number of fused-ring (bicyclic) bond motifs is 1. The molecule has 0 spiro atoms. The third-order valence-electron chi connectivity index (χ3n) is 5.33. The Hall–Kier alpha value is -4.19. The second kappa shape index (κ2) is 10.6. The van der Waals surface area contributed by atoms with Gasteiger partial charge in [-0.05, 0) is 46.6 Å². The van der Waals surface area contributed by atoms with E-state index in [9.17, 15) is 5.26 Å². The van der Waals surface area contributed by atoms with Crippen molar-refractivity contribution in [1.29, 1.82) is 10.5 Å². The largest absolute Gasteiger partial charge is 0.490 e. The van der Waals surface area contributed by atoms with Crippen LogP contribution in [0.5, 0.6) is 11.5 Å². The molecule has 2 aromatic carbocycles. The lowest BCUT2D eigenvalue weighted by atomic mass is 9.95. The highest BCUT2D eigenvalue weighted by atomic mass is 79.9. The van der Waals surface area contributed by atoms with Gasteiger partial charge in [-0.3, -0.25) is 5.32 Å². The summed E-state index contributed by atoms with van der Waals surface area (Å²) in [7, 11) is 0. The summed E-state index contributed by atoms with van der Waals surface area (Å²) < 4.78 is 12.6. The first-order valence-electron chi connectivity index (χ1n) is 10.7. The number of nitrogen functional groups attached to an aromatic ring is 2. The van der Waals surface area contributed by atoms with Crippen molar-refractivity contribution in [2.45, 2.75) is 19.6 Å². The van der Waals surface area contributed by atoms with Gasteiger partial charge >= 0.3 is 0 Å². The van der Waals surface area contributed by atoms with Gasteiger partial charge in [0.15, 0.2) is 17.7 Å². The molecular formula is C24H20BrClN8O2. The average Bonchev–Trinajstić information content (AvgIpc) is 2.84. The standard InChI is InChI=1S/C24H20BrClN8O2/c1-2-35-17-8-13(7-15(25)21(17)36-10-12-5-3-4-6-16(12)26)20-18-19(29)14(9-27)22(30)33-23(18)34-24(32-20)31-11-28/h3-8,20H,2,10H2,1H3,(H6,29,30,31,32,33,34). The van der Waals surface area contributed by atoms with Crippen LogP contribution in [0, 0.1) is 22.8 Å². The van der Waals surface area contributed by atoms with Gasteiger partial charge in [0.05, 0.1) is 16.8 Å². The zero-order valence-corrected chi connectivity index (χ0v) is 21.3. The minimum Gasteiger partial charge on any atom is -0.490 e. The fourth-order valence-corrected chi connectivity index (χ4v) is 4.50. The van der Waals surface area contributed by atoms with Crippen molar-refractivity contribution in [3.05, 3.63) is 68.1 Å². The zero-order valence-electron chi connectivity index (χ0n) is 19.0. The van der Waals surface area contributed by atoms with E-state index in [1.165, 1.54) is 0 Å². The summed E-state index contributed by atoms with van der Waals surface area (Å²) in [6, 6.07) is 12.2. The van der Waals surface area contributed by atoms with Crippen LogP contribution in [-0.4, -0.2) is 17.6 Å². The molecule has 12 heteroatoms. The Morgan fingerprint density at radius 1 is 1.22 bits per heavy atom. The Balaban J connectivity index is 1.81. The minimum atomic E-state index is -0.731. The van der Waals surface area contributed by atoms with E-state index < -0.39 is 6.04 Å². The molecule has 0 bridgehead atoms. The average molecular weight is 568 g/mol. The van der Waals surface area contributed by atoms with Gasteiger partial charge in [-0.1, -0.05) is 29.8 Å². The van der Waals surface area contributed by atoms with Gasteiger partial charge in [0.1, 0.15) is 35.9 Å². The van der Waals surface area contributed by atoms with Crippen molar-refractivity contribution in [1.82, 2.24) is 10.3 Å². The van der Waals surface area contributed by atoms with E-state index in [0.717, 1.165) is 5.56 Å². The number of nitrogens with zero attached hydrogens (tertiary/aromatic N) is 4. The highest BCUT2D eigenvalue weighted by Crippen LogP contribution is 2.45. The highest BCUT2D eigenvalue weighted by molar-refractivity contribution is 9.10. The summed E-state index contributed by atoms with van der Waals surface area (Å²) in [5, 5.41) is 24.6. The van der Waals surface area contributed by atoms with Crippen LogP contribution < -0.4 is 31.6 Å². The van der Waals surface area contributed by atoms with Gasteiger partial charge in [0, 0.05) is 16.1 Å². The summed E-state index contributed by atoms with van der Waals surface area (Å²) in [5.41, 5.74) is 14.4. The van der Waals surface area contributed by atoms with Crippen LogP contribution in [-0.2, 0) is 6.61 Å². The Kier molecular flexibility index (Phi) is 7.34. The molecule has 36 heavy (non-hydrogen) atoms. The van der Waals surface area contributed by atoms with Crippen LogP contribution in [0.4, 0.5) is 17.3 Å². The summed E-state index contributed by atoms with van der Waals surface area (Å²) in [6.45, 7) is 2.46. The number of nitrogens with two attached hydrogens (primary N) is 2. The molecule has 0 amide bonds. The van der Waals surface area contributed by atoms with Crippen LogP contribution in [0.15, 0.2) is 45.9 Å². The van der Waals surface area contributed by atoms with Crippen LogP contribution in [0.25, 0.3) is 0 Å². The number of aliphatic imine (C=N–C) groups is 1. The van der Waals surface area contributed by atoms with Gasteiger partial charge in [-0.25, -0.2) is 9.98 Å². The van der Waals surface area contributed by atoms with E-state index in [-0.39, 0.29) is 35.5 Å². The lowest BCUT2D eigenvalue weighted by molar-refractivity contribution is 0.267. The zero-order chi connectivity index (χ0) is 25.8. The number of guanidine groups is 1. The van der Waals surface area contributed by atoms with Crippen LogP contribution in [0.1, 0.15) is 35.2 Å². The van der Waals surface area contributed by atoms with Crippen molar-refractivity contribution in [2.24, 2.45) is 4.99 Å². The Morgan fingerprint density at radius 2 is 2.00 bits per heavy atom. The number of nitrogens with one attached hydrogen (secondary N) is 2. The maximum absolute atomic E-state index is 9.55. The maximum Gasteiger partial charge on any atom is 0.211 e. The fourth-order valence-electron chi connectivity index (χ4n) is 3.74. The summed E-state index contributed by atoms with van der Waals surface area (Å²) in [5.74, 6) is 1.35. The monoisotopic (exact) mass is 566 g/mol. The van der Waals surface area contributed by atoms with Gasteiger partial charge in [-0.2, -0.15) is 10.5 Å². The number of benzene rings is 2. The molecule has 6 N–H and O–H groups in total. The second-order valence-corrected chi connectivity index (χ2v) is 8.81. The molecule has 0 aliphatic carbocycles. The number of pyridine rings is 1. The van der Waals surface area contributed by atoms with Crippen molar-refractivity contribution >= 4 is 50.8 Å². The number of nitriles is 2. The molecule has 10 nitrogen and oxygen atoms in total. The van der Waals surface area contributed by atoms with Crippen molar-refractivity contribution in [2.75, 3.05) is 23.4 Å². The molecule has 2 heterocycles. The summed E-state index contributed by atoms with van der Waals surface area (Å²) in [4.78, 5) is 8.87. The van der Waals surface area contributed by atoms with E-state index >= 15 is 0 Å². The molecular weight excluding hydrogens is 548 g/mol.